The Morgan fingerprint density at radius 2 is 2.08 bits per heavy atom. The van der Waals surface area contributed by atoms with Crippen LogP contribution >= 0.6 is 0 Å². The van der Waals surface area contributed by atoms with Gasteiger partial charge in [-0.05, 0) is 32.3 Å². The molecular formula is C20H32N2O3. The molecule has 0 radical (unpaired) electrons. The summed E-state index contributed by atoms with van der Waals surface area (Å²) in [6, 6.07) is 1.95. The van der Waals surface area contributed by atoms with Crippen LogP contribution in [-0.4, -0.2) is 61.1 Å². The molecule has 140 valence electrons. The number of carbonyl (C=O) groups is 1. The van der Waals surface area contributed by atoms with E-state index in [4.69, 9.17) is 9.15 Å². The van der Waals surface area contributed by atoms with E-state index in [2.05, 4.69) is 25.7 Å². The van der Waals surface area contributed by atoms with Crippen LogP contribution in [0.25, 0.3) is 0 Å². The normalized spacial score (nSPS) is 24.6. The van der Waals surface area contributed by atoms with E-state index in [9.17, 15) is 4.79 Å². The van der Waals surface area contributed by atoms with Crippen molar-refractivity contribution in [2.24, 2.45) is 0 Å². The van der Waals surface area contributed by atoms with Crippen LogP contribution in [0, 0.1) is 6.92 Å². The van der Waals surface area contributed by atoms with Crippen LogP contribution in [0.4, 0.5) is 0 Å². The van der Waals surface area contributed by atoms with E-state index in [-0.39, 0.29) is 16.9 Å². The molecule has 1 atom stereocenters. The van der Waals surface area contributed by atoms with Gasteiger partial charge in [-0.15, -0.1) is 0 Å². The van der Waals surface area contributed by atoms with Crippen LogP contribution in [0.3, 0.4) is 0 Å². The van der Waals surface area contributed by atoms with Crippen molar-refractivity contribution in [2.45, 2.75) is 57.9 Å². The third-order valence-electron chi connectivity index (χ3n) is 5.81. The van der Waals surface area contributed by atoms with E-state index >= 15 is 0 Å². The van der Waals surface area contributed by atoms with Crippen molar-refractivity contribution in [3.05, 3.63) is 23.2 Å². The zero-order valence-corrected chi connectivity index (χ0v) is 16.4. The van der Waals surface area contributed by atoms with Gasteiger partial charge in [-0.25, -0.2) is 0 Å². The first-order valence-corrected chi connectivity index (χ1v) is 9.41. The van der Waals surface area contributed by atoms with Gasteiger partial charge in [0.1, 0.15) is 11.5 Å². The first kappa shape index (κ1) is 18.5. The van der Waals surface area contributed by atoms with Crippen molar-refractivity contribution in [3.63, 3.8) is 0 Å². The summed E-state index contributed by atoms with van der Waals surface area (Å²) >= 11 is 0. The number of aryl methyl sites for hydroxylation is 1. The number of furan rings is 1. The molecule has 1 aromatic heterocycles. The molecule has 0 aliphatic carbocycles. The number of likely N-dealkylation sites (tertiary alicyclic amines) is 2. The lowest BCUT2D eigenvalue weighted by atomic mass is 9.77. The molecule has 3 heterocycles. The fraction of sp³-hybridized carbons (Fsp3) is 0.750. The minimum absolute atomic E-state index is 0.0860. The molecule has 2 aliphatic rings. The molecule has 0 N–H and O–H groups in total. The standard InChI is InChI=1S/C20H32N2O3/c1-15-16(13-17(25-15)19(2,3)4)18(23)21-9-6-7-20(14-21)8-10-22(20)11-12-24-5/h13H,6-12,14H2,1-5H3. The predicted octanol–water partition coefficient (Wildman–Crippen LogP) is 3.21. The Kier molecular flexibility index (Phi) is 5.00. The van der Waals surface area contributed by atoms with Crippen molar-refractivity contribution in [3.8, 4) is 0 Å². The van der Waals surface area contributed by atoms with E-state index in [0.717, 1.165) is 56.3 Å². The number of nitrogens with zero attached hydrogens (tertiary/aromatic N) is 2. The molecule has 3 rings (SSSR count). The zero-order valence-electron chi connectivity index (χ0n) is 16.4. The van der Waals surface area contributed by atoms with Crippen LogP contribution in [0.1, 0.15) is 61.9 Å². The minimum atomic E-state index is -0.0860. The van der Waals surface area contributed by atoms with E-state index < -0.39 is 0 Å². The summed E-state index contributed by atoms with van der Waals surface area (Å²) < 4.78 is 11.1. The number of hydrogen-bond donors (Lipinski definition) is 0. The van der Waals surface area contributed by atoms with Crippen LogP contribution in [0.15, 0.2) is 10.5 Å². The molecular weight excluding hydrogens is 316 g/mol. The topological polar surface area (TPSA) is 45.9 Å². The average Bonchev–Trinajstić information content (AvgIpc) is 2.96. The first-order chi connectivity index (χ1) is 11.8. The molecule has 2 fully saturated rings. The van der Waals surface area contributed by atoms with Gasteiger partial charge in [-0.1, -0.05) is 20.8 Å². The molecule has 25 heavy (non-hydrogen) atoms. The lowest BCUT2D eigenvalue weighted by Crippen LogP contribution is -2.67. The molecule has 0 aromatic carbocycles. The maximum absolute atomic E-state index is 13.1. The quantitative estimate of drug-likeness (QED) is 0.838. The van der Waals surface area contributed by atoms with E-state index in [1.54, 1.807) is 7.11 Å². The van der Waals surface area contributed by atoms with E-state index in [1.165, 1.54) is 12.8 Å². The monoisotopic (exact) mass is 348 g/mol. The van der Waals surface area contributed by atoms with Gasteiger partial charge < -0.3 is 14.1 Å². The van der Waals surface area contributed by atoms with Crippen LogP contribution in [0.2, 0.25) is 0 Å². The number of rotatable bonds is 4. The fourth-order valence-corrected chi connectivity index (χ4v) is 4.12. The largest absolute Gasteiger partial charge is 0.465 e. The average molecular weight is 348 g/mol. The Balaban J connectivity index is 1.74. The third kappa shape index (κ3) is 3.49. The van der Waals surface area contributed by atoms with E-state index in [1.807, 2.05) is 17.9 Å². The van der Waals surface area contributed by atoms with Gasteiger partial charge in [0, 0.05) is 44.2 Å². The van der Waals surface area contributed by atoms with Crippen LogP contribution in [-0.2, 0) is 10.2 Å². The molecule has 0 bridgehead atoms. The third-order valence-corrected chi connectivity index (χ3v) is 5.81. The molecule has 0 saturated carbocycles. The summed E-state index contributed by atoms with van der Waals surface area (Å²) in [5.41, 5.74) is 0.804. The SMILES string of the molecule is COCCN1CCC12CCCN(C(=O)c1cc(C(C)(C)C)oc1C)C2. The summed E-state index contributed by atoms with van der Waals surface area (Å²) in [6.07, 6.45) is 3.43. The highest BCUT2D eigenvalue weighted by Crippen LogP contribution is 2.39. The Bertz CT molecular complexity index is 631. The molecule has 1 unspecified atom stereocenters. The number of carbonyl (C=O) groups excluding carboxylic acids is 1. The Labute approximate surface area is 151 Å². The number of ether oxygens (including phenoxy) is 1. The molecule has 5 heteroatoms. The smallest absolute Gasteiger partial charge is 0.257 e. The lowest BCUT2D eigenvalue weighted by molar-refractivity contribution is -0.0679. The van der Waals surface area contributed by atoms with Crippen molar-refractivity contribution in [2.75, 3.05) is 39.9 Å². The van der Waals surface area contributed by atoms with Crippen molar-refractivity contribution in [1.82, 2.24) is 9.80 Å². The molecule has 2 aliphatic heterocycles. The number of amides is 1. The van der Waals surface area contributed by atoms with Crippen molar-refractivity contribution >= 4 is 5.91 Å². The molecule has 2 saturated heterocycles. The summed E-state index contributed by atoms with van der Waals surface area (Å²) in [5.74, 6) is 1.74. The number of hydrogen-bond acceptors (Lipinski definition) is 4. The molecule has 5 nitrogen and oxygen atoms in total. The summed E-state index contributed by atoms with van der Waals surface area (Å²) in [7, 11) is 1.75. The van der Waals surface area contributed by atoms with Crippen molar-refractivity contribution in [1.29, 1.82) is 0 Å². The molecule has 1 aromatic rings. The van der Waals surface area contributed by atoms with Gasteiger partial charge in [-0.2, -0.15) is 0 Å². The second-order valence-corrected chi connectivity index (χ2v) is 8.61. The summed E-state index contributed by atoms with van der Waals surface area (Å²) in [6.45, 7) is 12.7. The van der Waals surface area contributed by atoms with Gasteiger partial charge >= 0.3 is 0 Å². The van der Waals surface area contributed by atoms with Gasteiger partial charge in [0.15, 0.2) is 0 Å². The Morgan fingerprint density at radius 3 is 2.64 bits per heavy atom. The summed E-state index contributed by atoms with van der Waals surface area (Å²) in [5, 5.41) is 0. The highest BCUT2D eigenvalue weighted by atomic mass is 16.5. The predicted molar refractivity (Wildman–Crippen MR) is 98.1 cm³/mol. The molecule has 1 amide bonds. The number of piperidine rings is 1. The van der Waals surface area contributed by atoms with Gasteiger partial charge in [0.2, 0.25) is 0 Å². The lowest BCUT2D eigenvalue weighted by Gasteiger charge is -2.57. The van der Waals surface area contributed by atoms with E-state index in [0.29, 0.717) is 0 Å². The highest BCUT2D eigenvalue weighted by Gasteiger charge is 2.47. The zero-order chi connectivity index (χ0) is 18.2. The second kappa shape index (κ2) is 6.76. The van der Waals surface area contributed by atoms with Gasteiger partial charge in [-0.3, -0.25) is 9.69 Å². The first-order valence-electron chi connectivity index (χ1n) is 9.41. The van der Waals surface area contributed by atoms with Crippen LogP contribution in [0.5, 0.6) is 0 Å². The fourth-order valence-electron chi connectivity index (χ4n) is 4.12. The minimum Gasteiger partial charge on any atom is -0.465 e. The van der Waals surface area contributed by atoms with Gasteiger partial charge in [0.05, 0.1) is 12.2 Å². The Morgan fingerprint density at radius 1 is 1.32 bits per heavy atom. The Hall–Kier alpha value is -1.33. The number of methoxy groups -OCH3 is 1. The van der Waals surface area contributed by atoms with Gasteiger partial charge in [0.25, 0.3) is 5.91 Å². The van der Waals surface area contributed by atoms with Crippen LogP contribution < -0.4 is 0 Å². The summed E-state index contributed by atoms with van der Waals surface area (Å²) in [4.78, 5) is 17.7. The van der Waals surface area contributed by atoms with Crippen molar-refractivity contribution < 1.29 is 13.9 Å². The molecule has 1 spiro atoms. The second-order valence-electron chi connectivity index (χ2n) is 8.61. The highest BCUT2D eigenvalue weighted by molar-refractivity contribution is 5.95. The maximum Gasteiger partial charge on any atom is 0.257 e. The maximum atomic E-state index is 13.1.